The van der Waals surface area contributed by atoms with Crippen LogP contribution < -0.4 is 10.1 Å². The van der Waals surface area contributed by atoms with Crippen molar-refractivity contribution < 1.29 is 14.3 Å². The van der Waals surface area contributed by atoms with Crippen molar-refractivity contribution in [3.8, 4) is 5.75 Å². The molecule has 0 atom stereocenters. The minimum Gasteiger partial charge on any atom is -0.497 e. The zero-order valence-electron chi connectivity index (χ0n) is 11.8. The number of benzene rings is 2. The molecule has 0 unspecified atom stereocenters. The van der Waals surface area contributed by atoms with Crippen LogP contribution in [0.5, 0.6) is 5.75 Å². The molecule has 2 aromatic rings. The topological polar surface area (TPSA) is 55.4 Å². The maximum Gasteiger partial charge on any atom is 0.224 e. The quantitative estimate of drug-likeness (QED) is 0.829. The van der Waals surface area contributed by atoms with Crippen molar-refractivity contribution in [3.63, 3.8) is 0 Å². The molecule has 21 heavy (non-hydrogen) atoms. The van der Waals surface area contributed by atoms with E-state index in [9.17, 15) is 9.59 Å². The number of methoxy groups -OCH3 is 1. The summed E-state index contributed by atoms with van der Waals surface area (Å²) in [7, 11) is 1.62. The Morgan fingerprint density at radius 2 is 1.76 bits per heavy atom. The third-order valence-electron chi connectivity index (χ3n) is 3.13. The van der Waals surface area contributed by atoms with Gasteiger partial charge in [-0.1, -0.05) is 12.1 Å². The molecular formula is C17H17NO3. The second-order valence-corrected chi connectivity index (χ2v) is 4.64. The molecule has 4 nitrogen and oxygen atoms in total. The van der Waals surface area contributed by atoms with Crippen LogP contribution in [0, 0.1) is 0 Å². The van der Waals surface area contributed by atoms with Gasteiger partial charge in [0.2, 0.25) is 5.91 Å². The van der Waals surface area contributed by atoms with Gasteiger partial charge >= 0.3 is 0 Å². The number of aryl methyl sites for hydroxylation is 1. The van der Waals surface area contributed by atoms with Gasteiger partial charge in [-0.05, 0) is 48.4 Å². The van der Waals surface area contributed by atoms with Gasteiger partial charge < -0.3 is 10.1 Å². The van der Waals surface area contributed by atoms with E-state index in [1.807, 2.05) is 24.3 Å². The zero-order valence-corrected chi connectivity index (χ0v) is 11.8. The molecule has 4 heteroatoms. The molecule has 0 radical (unpaired) electrons. The van der Waals surface area contributed by atoms with Gasteiger partial charge in [-0.15, -0.1) is 0 Å². The molecule has 0 saturated heterocycles. The van der Waals surface area contributed by atoms with Crippen molar-refractivity contribution in [3.05, 3.63) is 59.7 Å². The van der Waals surface area contributed by atoms with Gasteiger partial charge in [0.05, 0.1) is 7.11 Å². The summed E-state index contributed by atoms with van der Waals surface area (Å²) in [4.78, 5) is 22.4. The highest BCUT2D eigenvalue weighted by Gasteiger charge is 2.03. The fraction of sp³-hybridized carbons (Fsp3) is 0.176. The minimum absolute atomic E-state index is 0.0512. The summed E-state index contributed by atoms with van der Waals surface area (Å²) in [6, 6.07) is 14.4. The molecule has 0 aromatic heterocycles. The van der Waals surface area contributed by atoms with Gasteiger partial charge in [0.15, 0.2) is 0 Å². The van der Waals surface area contributed by atoms with Gasteiger partial charge in [0.1, 0.15) is 12.0 Å². The van der Waals surface area contributed by atoms with Crippen molar-refractivity contribution >= 4 is 17.9 Å². The first kappa shape index (κ1) is 14.8. The van der Waals surface area contributed by atoms with Crippen LogP contribution in [0.3, 0.4) is 0 Å². The van der Waals surface area contributed by atoms with E-state index in [2.05, 4.69) is 5.32 Å². The Kier molecular flexibility index (Phi) is 5.10. The Morgan fingerprint density at radius 1 is 1.10 bits per heavy atom. The Balaban J connectivity index is 1.84. The molecule has 108 valence electrons. The number of rotatable bonds is 6. The average Bonchev–Trinajstić information content (AvgIpc) is 2.54. The lowest BCUT2D eigenvalue weighted by Gasteiger charge is -2.06. The smallest absolute Gasteiger partial charge is 0.224 e. The standard InChI is InChI=1S/C17H17NO3/c1-21-16-9-4-13(5-10-16)6-11-17(20)18-15-7-2-14(12-19)3-8-15/h2-5,7-10,12H,6,11H2,1H3,(H,18,20). The first-order chi connectivity index (χ1) is 10.2. The number of hydrogen-bond acceptors (Lipinski definition) is 3. The Hall–Kier alpha value is -2.62. The van der Waals surface area contributed by atoms with Crippen LogP contribution in [0.4, 0.5) is 5.69 Å². The summed E-state index contributed by atoms with van der Waals surface area (Å²) >= 11 is 0. The minimum atomic E-state index is -0.0512. The van der Waals surface area contributed by atoms with Gasteiger partial charge in [0.25, 0.3) is 0 Å². The number of hydrogen-bond donors (Lipinski definition) is 1. The predicted molar refractivity (Wildman–Crippen MR) is 81.8 cm³/mol. The summed E-state index contributed by atoms with van der Waals surface area (Å²) in [5.41, 5.74) is 2.37. The van der Waals surface area contributed by atoms with E-state index in [0.717, 1.165) is 17.6 Å². The summed E-state index contributed by atoms with van der Waals surface area (Å²) in [5, 5.41) is 2.81. The lowest BCUT2D eigenvalue weighted by Crippen LogP contribution is -2.12. The van der Waals surface area contributed by atoms with E-state index in [0.29, 0.717) is 24.1 Å². The molecule has 0 aliphatic rings. The number of anilines is 1. The fourth-order valence-corrected chi connectivity index (χ4v) is 1.92. The number of nitrogens with one attached hydrogen (secondary N) is 1. The number of aldehydes is 1. The van der Waals surface area contributed by atoms with Crippen LogP contribution in [0.1, 0.15) is 22.3 Å². The van der Waals surface area contributed by atoms with Crippen LogP contribution >= 0.6 is 0 Å². The second kappa shape index (κ2) is 7.24. The van der Waals surface area contributed by atoms with Crippen molar-refractivity contribution in [2.45, 2.75) is 12.8 Å². The SMILES string of the molecule is COc1ccc(CCC(=O)Nc2ccc(C=O)cc2)cc1. The van der Waals surface area contributed by atoms with E-state index in [1.54, 1.807) is 31.4 Å². The van der Waals surface area contributed by atoms with E-state index in [1.165, 1.54) is 0 Å². The Morgan fingerprint density at radius 3 is 2.33 bits per heavy atom. The average molecular weight is 283 g/mol. The fourth-order valence-electron chi connectivity index (χ4n) is 1.92. The summed E-state index contributed by atoms with van der Waals surface area (Å²) in [6.07, 6.45) is 1.85. The number of carbonyl (C=O) groups excluding carboxylic acids is 2. The molecule has 1 N–H and O–H groups in total. The van der Waals surface area contributed by atoms with Crippen molar-refractivity contribution in [1.82, 2.24) is 0 Å². The van der Waals surface area contributed by atoms with Gasteiger partial charge in [-0.2, -0.15) is 0 Å². The van der Waals surface area contributed by atoms with Gasteiger partial charge in [-0.3, -0.25) is 9.59 Å². The molecule has 0 saturated carbocycles. The highest BCUT2D eigenvalue weighted by molar-refractivity contribution is 5.91. The molecule has 2 aromatic carbocycles. The summed E-state index contributed by atoms with van der Waals surface area (Å²) in [5.74, 6) is 0.753. The monoisotopic (exact) mass is 283 g/mol. The number of ether oxygens (including phenoxy) is 1. The summed E-state index contributed by atoms with van der Waals surface area (Å²) < 4.78 is 5.09. The third-order valence-corrected chi connectivity index (χ3v) is 3.13. The van der Waals surface area contributed by atoms with Crippen molar-refractivity contribution in [1.29, 1.82) is 0 Å². The van der Waals surface area contributed by atoms with E-state index < -0.39 is 0 Å². The Bertz CT molecular complexity index is 603. The number of carbonyl (C=O) groups is 2. The Labute approximate surface area is 123 Å². The normalized spacial score (nSPS) is 9.95. The number of amides is 1. The van der Waals surface area contributed by atoms with Crippen molar-refractivity contribution in [2.75, 3.05) is 12.4 Å². The molecule has 2 rings (SSSR count). The van der Waals surface area contributed by atoms with E-state index >= 15 is 0 Å². The van der Waals surface area contributed by atoms with Crippen LogP contribution in [-0.2, 0) is 11.2 Å². The summed E-state index contributed by atoms with van der Waals surface area (Å²) in [6.45, 7) is 0. The highest BCUT2D eigenvalue weighted by Crippen LogP contribution is 2.13. The maximum atomic E-state index is 11.9. The van der Waals surface area contributed by atoms with E-state index in [4.69, 9.17) is 4.74 Å². The lowest BCUT2D eigenvalue weighted by atomic mass is 10.1. The van der Waals surface area contributed by atoms with Crippen LogP contribution in [0.25, 0.3) is 0 Å². The molecule has 0 aliphatic heterocycles. The van der Waals surface area contributed by atoms with Gasteiger partial charge in [-0.25, -0.2) is 0 Å². The molecule has 0 spiro atoms. The van der Waals surface area contributed by atoms with Crippen LogP contribution in [0.2, 0.25) is 0 Å². The van der Waals surface area contributed by atoms with Crippen molar-refractivity contribution in [2.24, 2.45) is 0 Å². The zero-order chi connectivity index (χ0) is 15.1. The maximum absolute atomic E-state index is 11.9. The molecule has 0 heterocycles. The molecular weight excluding hydrogens is 266 g/mol. The first-order valence-corrected chi connectivity index (χ1v) is 6.69. The van der Waals surface area contributed by atoms with Crippen LogP contribution in [-0.4, -0.2) is 19.3 Å². The predicted octanol–water partition coefficient (Wildman–Crippen LogP) is 3.08. The van der Waals surface area contributed by atoms with E-state index in [-0.39, 0.29) is 5.91 Å². The largest absolute Gasteiger partial charge is 0.497 e. The van der Waals surface area contributed by atoms with Crippen LogP contribution in [0.15, 0.2) is 48.5 Å². The molecule has 0 bridgehead atoms. The molecule has 0 aliphatic carbocycles. The highest BCUT2D eigenvalue weighted by atomic mass is 16.5. The van der Waals surface area contributed by atoms with Gasteiger partial charge in [0, 0.05) is 17.7 Å². The lowest BCUT2D eigenvalue weighted by molar-refractivity contribution is -0.116. The second-order valence-electron chi connectivity index (χ2n) is 4.64. The molecule has 0 fully saturated rings. The molecule has 1 amide bonds. The third kappa shape index (κ3) is 4.45. The first-order valence-electron chi connectivity index (χ1n) is 6.69.